The van der Waals surface area contributed by atoms with Gasteiger partial charge in [-0.25, -0.2) is 0 Å². The van der Waals surface area contributed by atoms with E-state index in [4.69, 9.17) is 5.84 Å². The van der Waals surface area contributed by atoms with Crippen LogP contribution in [0.4, 0.5) is 11.4 Å². The van der Waals surface area contributed by atoms with Gasteiger partial charge in [0.05, 0.1) is 0 Å². The summed E-state index contributed by atoms with van der Waals surface area (Å²) in [7, 11) is 0. The van der Waals surface area contributed by atoms with Crippen LogP contribution in [0.15, 0.2) is 48.8 Å². The number of benzene rings is 1. The van der Waals surface area contributed by atoms with Gasteiger partial charge in [0.2, 0.25) is 0 Å². The molecule has 0 aliphatic carbocycles. The van der Waals surface area contributed by atoms with Gasteiger partial charge in [0.1, 0.15) is 0 Å². The maximum absolute atomic E-state index is 11.8. The highest BCUT2D eigenvalue weighted by atomic mass is 35.5. The van der Waals surface area contributed by atoms with Crippen molar-refractivity contribution < 1.29 is 4.79 Å². The fraction of sp³-hybridized carbons (Fsp3) is 0. The fourth-order valence-electron chi connectivity index (χ4n) is 1.36. The van der Waals surface area contributed by atoms with Crippen molar-refractivity contribution in [3.05, 3.63) is 54.4 Å². The minimum Gasteiger partial charge on any atom is -0.324 e. The van der Waals surface area contributed by atoms with Crippen LogP contribution in [0, 0.1) is 0 Å². The smallest absolute Gasteiger partial charge is 0.255 e. The Labute approximate surface area is 111 Å². The zero-order valence-electron chi connectivity index (χ0n) is 9.46. The normalized spacial score (nSPS) is 9.17. The maximum atomic E-state index is 11.8. The van der Waals surface area contributed by atoms with Crippen molar-refractivity contribution >= 4 is 29.7 Å². The van der Waals surface area contributed by atoms with Crippen LogP contribution in [-0.4, -0.2) is 10.9 Å². The molecule has 6 heteroatoms. The third-order valence-corrected chi connectivity index (χ3v) is 2.25. The second-order valence-corrected chi connectivity index (χ2v) is 3.41. The Morgan fingerprint density at radius 2 is 1.61 bits per heavy atom. The molecule has 94 valence electrons. The van der Waals surface area contributed by atoms with Crippen LogP contribution in [0.1, 0.15) is 10.4 Å². The predicted molar refractivity (Wildman–Crippen MR) is 73.7 cm³/mol. The molecule has 0 saturated carbocycles. The monoisotopic (exact) mass is 264 g/mol. The van der Waals surface area contributed by atoms with Crippen LogP contribution in [0.5, 0.6) is 0 Å². The van der Waals surface area contributed by atoms with Gasteiger partial charge in [0.25, 0.3) is 5.91 Å². The van der Waals surface area contributed by atoms with E-state index in [-0.39, 0.29) is 18.3 Å². The molecule has 0 bridgehead atoms. The zero-order chi connectivity index (χ0) is 12.1. The molecular weight excluding hydrogens is 252 g/mol. The van der Waals surface area contributed by atoms with Gasteiger partial charge in [-0.15, -0.1) is 12.4 Å². The van der Waals surface area contributed by atoms with Crippen LogP contribution < -0.4 is 16.6 Å². The minimum atomic E-state index is -0.167. The summed E-state index contributed by atoms with van der Waals surface area (Å²) in [6, 6.07) is 10.3. The third kappa shape index (κ3) is 3.44. The van der Waals surface area contributed by atoms with Crippen LogP contribution in [-0.2, 0) is 0 Å². The highest BCUT2D eigenvalue weighted by Crippen LogP contribution is 2.10. The number of carbonyl (C=O) groups is 1. The summed E-state index contributed by atoms with van der Waals surface area (Å²) in [6.45, 7) is 0. The van der Waals surface area contributed by atoms with E-state index < -0.39 is 0 Å². The Hall–Kier alpha value is -2.11. The molecule has 0 radical (unpaired) electrons. The summed E-state index contributed by atoms with van der Waals surface area (Å²) in [5.74, 6) is 5.08. The van der Waals surface area contributed by atoms with E-state index in [0.717, 1.165) is 5.69 Å². The van der Waals surface area contributed by atoms with E-state index in [1.165, 1.54) is 0 Å². The molecule has 1 aromatic heterocycles. The third-order valence-electron chi connectivity index (χ3n) is 2.25. The van der Waals surface area contributed by atoms with Gasteiger partial charge in [-0.05, 0) is 36.4 Å². The molecule has 1 heterocycles. The lowest BCUT2D eigenvalue weighted by Crippen LogP contribution is -2.12. The number of nitrogen functional groups attached to an aromatic ring is 1. The number of nitrogens with zero attached hydrogens (tertiary/aromatic N) is 1. The number of halogens is 1. The van der Waals surface area contributed by atoms with E-state index in [9.17, 15) is 4.79 Å². The number of hydrogen-bond donors (Lipinski definition) is 3. The van der Waals surface area contributed by atoms with Gasteiger partial charge in [0.15, 0.2) is 0 Å². The van der Waals surface area contributed by atoms with Gasteiger partial charge < -0.3 is 10.7 Å². The molecule has 2 rings (SSSR count). The summed E-state index contributed by atoms with van der Waals surface area (Å²) in [5, 5.41) is 2.77. The topological polar surface area (TPSA) is 80.0 Å². The van der Waals surface area contributed by atoms with E-state index in [2.05, 4.69) is 15.7 Å². The molecule has 0 atom stereocenters. The molecule has 1 aromatic carbocycles. The van der Waals surface area contributed by atoms with Crippen molar-refractivity contribution in [3.63, 3.8) is 0 Å². The van der Waals surface area contributed by atoms with Crippen molar-refractivity contribution in [2.45, 2.75) is 0 Å². The van der Waals surface area contributed by atoms with E-state index in [1.54, 1.807) is 48.8 Å². The Kier molecular flexibility index (Phi) is 5.10. The van der Waals surface area contributed by atoms with E-state index in [0.29, 0.717) is 11.3 Å². The summed E-state index contributed by atoms with van der Waals surface area (Å²) < 4.78 is 0. The van der Waals surface area contributed by atoms with Gasteiger partial charge in [-0.1, -0.05) is 0 Å². The first kappa shape index (κ1) is 14.0. The lowest BCUT2D eigenvalue weighted by Gasteiger charge is -2.05. The SMILES string of the molecule is Cl.NNc1ccc(C(=O)Nc2ccncc2)cc1. The molecule has 0 unspecified atom stereocenters. The number of nitrogens with two attached hydrogens (primary N) is 1. The first-order valence-electron chi connectivity index (χ1n) is 5.07. The summed E-state index contributed by atoms with van der Waals surface area (Å²) in [5.41, 5.74) is 4.54. The summed E-state index contributed by atoms with van der Waals surface area (Å²) in [6.07, 6.45) is 3.24. The maximum Gasteiger partial charge on any atom is 0.255 e. The number of anilines is 2. The number of rotatable bonds is 3. The molecular formula is C12H13ClN4O. The second-order valence-electron chi connectivity index (χ2n) is 3.41. The van der Waals surface area contributed by atoms with Crippen LogP contribution in [0.3, 0.4) is 0 Å². The summed E-state index contributed by atoms with van der Waals surface area (Å²) in [4.78, 5) is 15.7. The van der Waals surface area contributed by atoms with Gasteiger partial charge in [0, 0.05) is 29.3 Å². The second kappa shape index (κ2) is 6.58. The van der Waals surface area contributed by atoms with Crippen LogP contribution in [0.2, 0.25) is 0 Å². The fourth-order valence-corrected chi connectivity index (χ4v) is 1.36. The molecule has 4 N–H and O–H groups in total. The van der Waals surface area contributed by atoms with Crippen LogP contribution in [0.25, 0.3) is 0 Å². The molecule has 0 aliphatic heterocycles. The first-order chi connectivity index (χ1) is 8.29. The number of amides is 1. The molecule has 2 aromatic rings. The highest BCUT2D eigenvalue weighted by molar-refractivity contribution is 6.04. The molecule has 1 amide bonds. The Morgan fingerprint density at radius 1 is 1.00 bits per heavy atom. The number of aromatic nitrogens is 1. The zero-order valence-corrected chi connectivity index (χ0v) is 10.3. The minimum absolute atomic E-state index is 0. The molecule has 0 aliphatic rings. The highest BCUT2D eigenvalue weighted by Gasteiger charge is 2.05. The van der Waals surface area contributed by atoms with Gasteiger partial charge in [-0.3, -0.25) is 15.6 Å². The number of nitrogens with one attached hydrogen (secondary N) is 2. The van der Waals surface area contributed by atoms with E-state index in [1.807, 2.05) is 0 Å². The van der Waals surface area contributed by atoms with Gasteiger partial charge >= 0.3 is 0 Å². The number of hydrazine groups is 1. The van der Waals surface area contributed by atoms with E-state index >= 15 is 0 Å². The molecule has 5 nitrogen and oxygen atoms in total. The lowest BCUT2D eigenvalue weighted by molar-refractivity contribution is 0.102. The average molecular weight is 265 g/mol. The molecule has 0 spiro atoms. The standard InChI is InChI=1S/C12H12N4O.ClH/c13-16-11-3-1-9(2-4-11)12(17)15-10-5-7-14-8-6-10;/h1-8,16H,13H2,(H,14,15,17);1H. The number of carbonyl (C=O) groups excluding carboxylic acids is 1. The summed E-state index contributed by atoms with van der Waals surface area (Å²) >= 11 is 0. The Morgan fingerprint density at radius 3 is 2.17 bits per heavy atom. The molecule has 0 fully saturated rings. The quantitative estimate of drug-likeness (QED) is 0.585. The van der Waals surface area contributed by atoms with Crippen molar-refractivity contribution in [2.24, 2.45) is 5.84 Å². The number of hydrogen-bond acceptors (Lipinski definition) is 4. The average Bonchev–Trinajstić information content (AvgIpc) is 2.40. The van der Waals surface area contributed by atoms with Crippen molar-refractivity contribution in [3.8, 4) is 0 Å². The van der Waals surface area contributed by atoms with Crippen molar-refractivity contribution in [2.75, 3.05) is 10.7 Å². The molecule has 0 saturated heterocycles. The first-order valence-corrected chi connectivity index (χ1v) is 5.07. The lowest BCUT2D eigenvalue weighted by atomic mass is 10.2. The predicted octanol–water partition coefficient (Wildman–Crippen LogP) is 2.04. The Bertz CT molecular complexity index is 501. The van der Waals surface area contributed by atoms with Crippen LogP contribution >= 0.6 is 12.4 Å². The largest absolute Gasteiger partial charge is 0.324 e. The van der Waals surface area contributed by atoms with Gasteiger partial charge in [-0.2, -0.15) is 0 Å². The van der Waals surface area contributed by atoms with Crippen molar-refractivity contribution in [1.82, 2.24) is 4.98 Å². The molecule has 18 heavy (non-hydrogen) atoms. The van der Waals surface area contributed by atoms with Crippen molar-refractivity contribution in [1.29, 1.82) is 0 Å². The number of pyridine rings is 1. The Balaban J connectivity index is 0.00000162.